The van der Waals surface area contributed by atoms with Crippen LogP contribution in [0.2, 0.25) is 0 Å². The minimum Gasteiger partial charge on any atom is -0.376 e. The molecule has 0 bridgehead atoms. The minimum absolute atomic E-state index is 0.869. The molecule has 104 valence electrons. The van der Waals surface area contributed by atoms with Crippen LogP contribution in [-0.4, -0.2) is 43.5 Å². The number of benzene rings is 1. The van der Waals surface area contributed by atoms with Gasteiger partial charge in [-0.25, -0.2) is 0 Å². The van der Waals surface area contributed by atoms with Crippen LogP contribution in [0.3, 0.4) is 0 Å². The molecule has 1 aromatic rings. The van der Waals surface area contributed by atoms with Crippen LogP contribution in [0.1, 0.15) is 18.9 Å². The molecule has 0 aliphatic carbocycles. The van der Waals surface area contributed by atoms with Crippen LogP contribution in [0, 0.1) is 0 Å². The predicted octanol–water partition coefficient (Wildman–Crippen LogP) is 3.49. The van der Waals surface area contributed by atoms with Gasteiger partial charge in [0.15, 0.2) is 0 Å². The molecule has 0 amide bonds. The second-order valence-corrected chi connectivity index (χ2v) is 4.99. The summed E-state index contributed by atoms with van der Waals surface area (Å²) in [5, 5.41) is 0. The second-order valence-electron chi connectivity index (χ2n) is 4.99. The third-order valence-corrected chi connectivity index (χ3v) is 2.98. The van der Waals surface area contributed by atoms with Crippen LogP contribution in [0.15, 0.2) is 49.2 Å². The molecule has 0 radical (unpaired) electrons. The molecule has 0 aliphatic heterocycles. The van der Waals surface area contributed by atoms with Crippen molar-refractivity contribution in [3.63, 3.8) is 0 Å². The smallest absolute Gasteiger partial charge is 0.0348 e. The van der Waals surface area contributed by atoms with Crippen LogP contribution in [0.25, 0.3) is 5.57 Å². The summed E-state index contributed by atoms with van der Waals surface area (Å²) in [5.74, 6) is 0. The Morgan fingerprint density at radius 3 is 2.47 bits per heavy atom. The van der Waals surface area contributed by atoms with E-state index in [1.807, 2.05) is 6.08 Å². The molecule has 1 rings (SSSR count). The summed E-state index contributed by atoms with van der Waals surface area (Å²) < 4.78 is 0. The summed E-state index contributed by atoms with van der Waals surface area (Å²) in [6, 6.07) is 10.6. The lowest BCUT2D eigenvalue weighted by Crippen LogP contribution is -2.23. The summed E-state index contributed by atoms with van der Waals surface area (Å²) in [6.07, 6.45) is 5.33. The number of hydrogen-bond donors (Lipinski definition) is 0. The van der Waals surface area contributed by atoms with E-state index in [0.717, 1.165) is 19.6 Å². The van der Waals surface area contributed by atoms with E-state index in [2.05, 4.69) is 73.9 Å². The molecule has 0 unspecified atom stereocenters. The van der Waals surface area contributed by atoms with Crippen LogP contribution >= 0.6 is 0 Å². The summed E-state index contributed by atoms with van der Waals surface area (Å²) in [4.78, 5) is 4.54. The van der Waals surface area contributed by atoms with E-state index in [1.54, 1.807) is 0 Å². The highest BCUT2D eigenvalue weighted by Crippen LogP contribution is 2.16. The Morgan fingerprint density at radius 1 is 1.21 bits per heavy atom. The Hall–Kier alpha value is -1.54. The van der Waals surface area contributed by atoms with Crippen molar-refractivity contribution in [3.05, 3.63) is 54.8 Å². The zero-order valence-electron chi connectivity index (χ0n) is 12.5. The highest BCUT2D eigenvalue weighted by Gasteiger charge is 2.06. The Bertz CT molecular complexity index is 395. The van der Waals surface area contributed by atoms with Crippen LogP contribution in [0.5, 0.6) is 0 Å². The lowest BCUT2D eigenvalue weighted by molar-refractivity contribution is 0.374. The average Bonchev–Trinajstić information content (AvgIpc) is 2.39. The number of nitrogens with zero attached hydrogens (tertiary/aromatic N) is 2. The average molecular weight is 258 g/mol. The largest absolute Gasteiger partial charge is 0.376 e. The van der Waals surface area contributed by atoms with Crippen molar-refractivity contribution in [2.75, 3.05) is 33.7 Å². The maximum Gasteiger partial charge on any atom is 0.0348 e. The molecule has 19 heavy (non-hydrogen) atoms. The Kier molecular flexibility index (Phi) is 6.98. The molecule has 0 atom stereocenters. The first-order valence-corrected chi connectivity index (χ1v) is 6.93. The van der Waals surface area contributed by atoms with E-state index in [4.69, 9.17) is 0 Å². The van der Waals surface area contributed by atoms with E-state index >= 15 is 0 Å². The molecule has 2 nitrogen and oxygen atoms in total. The summed E-state index contributed by atoms with van der Waals surface area (Å²) in [5.41, 5.74) is 2.64. The summed E-state index contributed by atoms with van der Waals surface area (Å²) in [7, 11) is 4.26. The van der Waals surface area contributed by atoms with Gasteiger partial charge in [0.2, 0.25) is 0 Å². The summed E-state index contributed by atoms with van der Waals surface area (Å²) in [6.45, 7) is 8.97. The lowest BCUT2D eigenvalue weighted by atomic mass is 10.1. The van der Waals surface area contributed by atoms with Gasteiger partial charge in [0, 0.05) is 26.3 Å². The fraction of sp³-hybridized carbons (Fsp3) is 0.412. The molecular formula is C17H26N2. The van der Waals surface area contributed by atoms with Crippen LogP contribution in [-0.2, 0) is 0 Å². The Morgan fingerprint density at radius 2 is 1.89 bits per heavy atom. The van der Waals surface area contributed by atoms with Crippen molar-refractivity contribution >= 4 is 5.57 Å². The third-order valence-electron chi connectivity index (χ3n) is 2.98. The standard InChI is InChI=1S/C17H26N2/c1-5-12-18(3)14-17(15-19(4)13-6-2)16-10-8-7-9-11-16/h5,7-11,14H,1,6,12-13,15H2,2-4H3/b17-14-. The molecule has 0 fully saturated rings. The van der Waals surface area contributed by atoms with Crippen molar-refractivity contribution in [1.82, 2.24) is 9.80 Å². The second kappa shape index (κ2) is 8.54. The molecule has 2 heteroatoms. The molecule has 0 aliphatic rings. The topological polar surface area (TPSA) is 6.48 Å². The highest BCUT2D eigenvalue weighted by molar-refractivity contribution is 5.66. The van der Waals surface area contributed by atoms with E-state index in [-0.39, 0.29) is 0 Å². The van der Waals surface area contributed by atoms with Gasteiger partial charge in [0.25, 0.3) is 0 Å². The molecule has 0 aromatic heterocycles. The van der Waals surface area contributed by atoms with E-state index in [1.165, 1.54) is 17.6 Å². The summed E-state index contributed by atoms with van der Waals surface area (Å²) >= 11 is 0. The van der Waals surface area contributed by atoms with Gasteiger partial charge in [-0.2, -0.15) is 0 Å². The zero-order valence-corrected chi connectivity index (χ0v) is 12.5. The van der Waals surface area contributed by atoms with Gasteiger partial charge in [-0.3, -0.25) is 0 Å². The number of likely N-dealkylation sites (N-methyl/N-ethyl adjacent to an activating group) is 2. The molecule has 0 heterocycles. The lowest BCUT2D eigenvalue weighted by Gasteiger charge is -2.21. The van der Waals surface area contributed by atoms with Crippen molar-refractivity contribution in [1.29, 1.82) is 0 Å². The Labute approximate surface area is 118 Å². The van der Waals surface area contributed by atoms with Gasteiger partial charge in [0.1, 0.15) is 0 Å². The quantitative estimate of drug-likeness (QED) is 0.659. The highest BCUT2D eigenvalue weighted by atomic mass is 15.1. The van der Waals surface area contributed by atoms with Crippen LogP contribution in [0.4, 0.5) is 0 Å². The molecule has 0 saturated heterocycles. The molecule has 0 spiro atoms. The van der Waals surface area contributed by atoms with Crippen molar-refractivity contribution < 1.29 is 0 Å². The van der Waals surface area contributed by atoms with Crippen molar-refractivity contribution in [2.24, 2.45) is 0 Å². The normalized spacial score (nSPS) is 11.7. The SMILES string of the molecule is C=CCN(C)/C=C(/CN(C)CCC)c1ccccc1. The number of rotatable bonds is 8. The Balaban J connectivity index is 2.87. The van der Waals surface area contributed by atoms with Crippen molar-refractivity contribution in [2.45, 2.75) is 13.3 Å². The maximum absolute atomic E-state index is 3.79. The first-order chi connectivity index (χ1) is 9.17. The van der Waals surface area contributed by atoms with Crippen LogP contribution < -0.4 is 0 Å². The van der Waals surface area contributed by atoms with Gasteiger partial charge < -0.3 is 9.80 Å². The van der Waals surface area contributed by atoms with E-state index in [9.17, 15) is 0 Å². The first-order valence-electron chi connectivity index (χ1n) is 6.93. The minimum atomic E-state index is 0.869. The van der Waals surface area contributed by atoms with Gasteiger partial charge in [0.05, 0.1) is 0 Å². The van der Waals surface area contributed by atoms with Gasteiger partial charge in [-0.1, -0.05) is 43.3 Å². The predicted molar refractivity (Wildman–Crippen MR) is 85.0 cm³/mol. The van der Waals surface area contributed by atoms with Gasteiger partial charge >= 0.3 is 0 Å². The fourth-order valence-electron chi connectivity index (χ4n) is 2.13. The molecule has 0 saturated carbocycles. The molecular weight excluding hydrogens is 232 g/mol. The van der Waals surface area contributed by atoms with Crippen molar-refractivity contribution in [3.8, 4) is 0 Å². The first kappa shape index (κ1) is 15.5. The fourth-order valence-corrected chi connectivity index (χ4v) is 2.13. The third kappa shape index (κ3) is 5.75. The monoisotopic (exact) mass is 258 g/mol. The number of hydrogen-bond acceptors (Lipinski definition) is 2. The van der Waals surface area contributed by atoms with E-state index in [0.29, 0.717) is 0 Å². The van der Waals surface area contributed by atoms with E-state index < -0.39 is 0 Å². The zero-order chi connectivity index (χ0) is 14.1. The van der Waals surface area contributed by atoms with Gasteiger partial charge in [-0.05, 0) is 31.1 Å². The molecule has 0 N–H and O–H groups in total. The van der Waals surface area contributed by atoms with Gasteiger partial charge in [-0.15, -0.1) is 6.58 Å². The maximum atomic E-state index is 3.79. The molecule has 1 aromatic carbocycles.